The van der Waals surface area contributed by atoms with Crippen LogP contribution in [0, 0.1) is 0 Å². The minimum absolute atomic E-state index is 0.0984. The summed E-state index contributed by atoms with van der Waals surface area (Å²) in [4.78, 5) is 54.5. The lowest BCUT2D eigenvalue weighted by Gasteiger charge is -2.22. The van der Waals surface area contributed by atoms with Gasteiger partial charge in [-0.2, -0.15) is 24.3 Å². The fourth-order valence-electron chi connectivity index (χ4n) is 3.13. The Kier molecular flexibility index (Phi) is 9.56. The largest absolute Gasteiger partial charge is 0.490 e. The first kappa shape index (κ1) is 29.8. The number of hydrogen-bond acceptors (Lipinski definition) is 13. The van der Waals surface area contributed by atoms with Crippen LogP contribution in [-0.2, 0) is 36.3 Å². The summed E-state index contributed by atoms with van der Waals surface area (Å²) in [5.74, 6) is -0.192. The van der Waals surface area contributed by atoms with Gasteiger partial charge in [0.25, 0.3) is 11.2 Å². The van der Waals surface area contributed by atoms with Crippen LogP contribution in [0.25, 0.3) is 11.0 Å². The number of hydrogen-bond donors (Lipinski definition) is 6. The Morgan fingerprint density at radius 2 is 2.00 bits per heavy atom. The van der Waals surface area contributed by atoms with Crippen LogP contribution in [0.1, 0.15) is 12.6 Å². The van der Waals surface area contributed by atoms with Crippen LogP contribution in [0.3, 0.4) is 0 Å². The van der Waals surface area contributed by atoms with Crippen LogP contribution in [0.4, 0.5) is 10.3 Å². The molecule has 0 aromatic carbocycles. The summed E-state index contributed by atoms with van der Waals surface area (Å²) < 4.78 is 72.5. The van der Waals surface area contributed by atoms with Gasteiger partial charge in [-0.15, -0.1) is 0 Å². The van der Waals surface area contributed by atoms with Crippen molar-refractivity contribution in [1.82, 2.24) is 14.5 Å². The molecule has 7 N–H and O–H groups in total. The Labute approximate surface area is 209 Å². The number of nitrogen functional groups attached to an aromatic ring is 1. The summed E-state index contributed by atoms with van der Waals surface area (Å²) in [6, 6.07) is 1.41. The number of nitrogens with zero attached hydrogens (tertiary/aromatic N) is 2. The topological polar surface area (TPSA) is 255 Å². The van der Waals surface area contributed by atoms with Gasteiger partial charge in [-0.3, -0.25) is 14.3 Å². The summed E-state index contributed by atoms with van der Waals surface area (Å²) >= 11 is 0. The normalized spacial score (nSPS) is 25.0. The van der Waals surface area contributed by atoms with Gasteiger partial charge in [0.1, 0.15) is 12.3 Å². The molecule has 0 saturated carbocycles. The zero-order valence-corrected chi connectivity index (χ0v) is 21.7. The number of phosphoric acid groups is 3. The molecule has 1 saturated heterocycles. The van der Waals surface area contributed by atoms with Crippen LogP contribution in [0.2, 0.25) is 0 Å². The zero-order chi connectivity index (χ0) is 26.9. The quantitative estimate of drug-likeness (QED) is 0.0847. The Morgan fingerprint density at radius 3 is 2.64 bits per heavy atom. The predicted molar refractivity (Wildman–Crippen MR) is 124 cm³/mol. The fraction of sp³-hybridized carbons (Fsp3) is 0.500. The third-order valence-electron chi connectivity index (χ3n) is 4.32. The van der Waals surface area contributed by atoms with Gasteiger partial charge in [-0.05, 0) is 16.9 Å². The van der Waals surface area contributed by atoms with E-state index in [2.05, 4.69) is 23.1 Å². The molecular formula is C12H17BFN4O13P3S2. The molecule has 1 aliphatic heterocycles. The Hall–Kier alpha value is -0.755. The van der Waals surface area contributed by atoms with E-state index in [9.17, 15) is 32.7 Å². The van der Waals surface area contributed by atoms with Gasteiger partial charge in [0.05, 0.1) is 18.1 Å². The van der Waals surface area contributed by atoms with Crippen LogP contribution >= 0.6 is 44.9 Å². The Balaban J connectivity index is 1.78. The monoisotopic (exact) mass is 612 g/mol. The van der Waals surface area contributed by atoms with Crippen molar-refractivity contribution >= 4 is 69.0 Å². The minimum atomic E-state index is -5.74. The highest BCUT2D eigenvalue weighted by atomic mass is 33.1. The number of nitrogens with two attached hydrogens (primary N) is 1. The predicted octanol–water partition coefficient (Wildman–Crippen LogP) is 1.04. The summed E-state index contributed by atoms with van der Waals surface area (Å²) in [7, 11) is -10.5. The molecule has 6 atom stereocenters. The summed E-state index contributed by atoms with van der Waals surface area (Å²) in [5.41, 5.74) is 3.18. The maximum absolute atomic E-state index is 14.1. The van der Waals surface area contributed by atoms with E-state index in [0.717, 1.165) is 0 Å². The minimum Gasteiger partial charge on any atom is -0.369 e. The molecule has 1 fully saturated rings. The number of rotatable bonds is 12. The highest BCUT2D eigenvalue weighted by molar-refractivity contribution is 8.84. The molecule has 3 rings (SSSR count). The molecule has 1 aliphatic rings. The molecule has 24 heteroatoms. The molecule has 2 aromatic rings. The van der Waals surface area contributed by atoms with Crippen molar-refractivity contribution in [3.63, 3.8) is 0 Å². The number of aromatic nitrogens is 3. The second-order valence-corrected chi connectivity index (χ2v) is 13.1. The van der Waals surface area contributed by atoms with Gasteiger partial charge in [-0.25, -0.2) is 18.1 Å². The van der Waals surface area contributed by atoms with Crippen molar-refractivity contribution in [2.45, 2.75) is 30.5 Å². The molecule has 36 heavy (non-hydrogen) atoms. The van der Waals surface area contributed by atoms with E-state index >= 15 is 0 Å². The van der Waals surface area contributed by atoms with Gasteiger partial charge in [0, 0.05) is 12.6 Å². The molecule has 0 spiro atoms. The molecule has 0 bridgehead atoms. The Morgan fingerprint density at radius 1 is 1.31 bits per heavy atom. The number of fused-ring (bicyclic) bond motifs is 1. The number of phosphoric ester groups is 1. The molecule has 2 radical (unpaired) electrons. The number of aromatic amines is 1. The van der Waals surface area contributed by atoms with E-state index in [4.69, 9.17) is 32.1 Å². The first-order chi connectivity index (χ1) is 16.6. The van der Waals surface area contributed by atoms with Gasteiger partial charge < -0.3 is 39.3 Å². The average molecular weight is 612 g/mol. The molecule has 17 nitrogen and oxygen atoms in total. The number of H-pyrrole nitrogens is 1. The third-order valence-corrected chi connectivity index (χ3v) is 9.28. The van der Waals surface area contributed by atoms with Gasteiger partial charge >= 0.3 is 23.5 Å². The first-order valence-electron chi connectivity index (χ1n) is 9.21. The number of nitrogens with one attached hydrogen (secondary N) is 1. The lowest BCUT2D eigenvalue weighted by atomic mass is 10.2. The summed E-state index contributed by atoms with van der Waals surface area (Å²) in [6.45, 7) is -0.895. The maximum Gasteiger partial charge on any atom is 0.490 e. The van der Waals surface area contributed by atoms with E-state index in [-0.39, 0.29) is 23.4 Å². The number of alkyl halides is 1. The molecule has 200 valence electrons. The number of ether oxygens (including phenoxy) is 2. The molecule has 2 aromatic heterocycles. The van der Waals surface area contributed by atoms with Crippen LogP contribution in [0.5, 0.6) is 0 Å². The smallest absolute Gasteiger partial charge is 0.369 e. The van der Waals surface area contributed by atoms with Crippen molar-refractivity contribution in [3.05, 3.63) is 22.6 Å². The van der Waals surface area contributed by atoms with Crippen molar-refractivity contribution in [3.8, 4) is 0 Å². The van der Waals surface area contributed by atoms with Crippen molar-refractivity contribution in [1.29, 1.82) is 0 Å². The lowest BCUT2D eigenvalue weighted by molar-refractivity contribution is -0.0856. The lowest BCUT2D eigenvalue weighted by Crippen LogP contribution is -2.30. The summed E-state index contributed by atoms with van der Waals surface area (Å²) in [5, 5.41) is 0.153. The van der Waals surface area contributed by atoms with E-state index < -0.39 is 59.8 Å². The standard InChI is InChI=1S/C12H17BFN4O13P3S2/c13-36-35-11(14)29-6-3-8(18-2-1-5-9(18)16-12(15)17-10(5)19)28-7(6)4-27-33(23,24)31-34(25,26)30-32(20,21)22/h1-2,6-8,11H,3-4H2,(H,23,24)(H,25,26)(H2,20,21,22)(H3,15,16,17,19)/t6-,7?,8-,11+/m1/s1. The average Bonchev–Trinajstić information content (AvgIpc) is 3.27. The second kappa shape index (κ2) is 11.5. The van der Waals surface area contributed by atoms with Crippen molar-refractivity contribution in [2.75, 3.05) is 12.3 Å². The van der Waals surface area contributed by atoms with Gasteiger partial charge in [0.2, 0.25) is 5.95 Å². The molecular weight excluding hydrogens is 595 g/mol. The SMILES string of the molecule is [B]SS[C@@H](F)O[C@@H]1C[C@H](n2ccc3c(=O)[nH]c(N)nc32)OC1COP(=O)(O)OP(=O)(O)OP(=O)(O)O. The number of anilines is 1. The Bertz CT molecular complexity index is 1290. The molecule has 0 amide bonds. The second-order valence-electron chi connectivity index (χ2n) is 6.80. The van der Waals surface area contributed by atoms with Crippen molar-refractivity contribution < 1.29 is 60.3 Å². The van der Waals surface area contributed by atoms with E-state index in [1.54, 1.807) is 0 Å². The molecule has 3 heterocycles. The third kappa shape index (κ3) is 8.12. The highest BCUT2D eigenvalue weighted by Crippen LogP contribution is 2.66. The van der Waals surface area contributed by atoms with E-state index in [0.29, 0.717) is 21.4 Å². The fourth-order valence-corrected chi connectivity index (χ4v) is 6.83. The van der Waals surface area contributed by atoms with Gasteiger partial charge in [-0.1, -0.05) is 0 Å². The first-order valence-corrected chi connectivity index (χ1v) is 16.0. The highest BCUT2D eigenvalue weighted by Gasteiger charge is 2.44. The van der Waals surface area contributed by atoms with Crippen LogP contribution < -0.4 is 11.3 Å². The molecule has 3 unspecified atom stereocenters. The summed E-state index contributed by atoms with van der Waals surface area (Å²) in [6.07, 6.45) is -2.11. The van der Waals surface area contributed by atoms with Gasteiger partial charge in [0.15, 0.2) is 12.8 Å². The van der Waals surface area contributed by atoms with E-state index in [1.165, 1.54) is 16.8 Å². The van der Waals surface area contributed by atoms with E-state index in [1.807, 2.05) is 0 Å². The maximum atomic E-state index is 14.1. The van der Waals surface area contributed by atoms with Crippen LogP contribution in [0.15, 0.2) is 17.1 Å². The number of halogens is 1. The molecule has 0 aliphatic carbocycles. The van der Waals surface area contributed by atoms with Crippen LogP contribution in [-0.4, -0.2) is 65.7 Å². The van der Waals surface area contributed by atoms with Crippen molar-refractivity contribution in [2.24, 2.45) is 0 Å². The zero-order valence-electron chi connectivity index (χ0n) is 17.4.